The summed E-state index contributed by atoms with van der Waals surface area (Å²) in [6, 6.07) is 14.2. The summed E-state index contributed by atoms with van der Waals surface area (Å²) >= 11 is 3.47. The van der Waals surface area contributed by atoms with E-state index in [2.05, 4.69) is 39.9 Å². The van der Waals surface area contributed by atoms with Crippen molar-refractivity contribution in [2.45, 2.75) is 13.5 Å². The van der Waals surface area contributed by atoms with Crippen molar-refractivity contribution >= 4 is 27.5 Å². The Morgan fingerprint density at radius 2 is 1.90 bits per heavy atom. The monoisotopic (exact) mass is 331 g/mol. The van der Waals surface area contributed by atoms with Crippen molar-refractivity contribution in [3.8, 4) is 0 Å². The summed E-state index contributed by atoms with van der Waals surface area (Å²) in [4.78, 5) is 2.11. The predicted octanol–water partition coefficient (Wildman–Crippen LogP) is 3.68. The van der Waals surface area contributed by atoms with Crippen molar-refractivity contribution < 1.29 is 0 Å². The van der Waals surface area contributed by atoms with Crippen LogP contribution in [0.1, 0.15) is 16.7 Å². The van der Waals surface area contributed by atoms with Crippen molar-refractivity contribution in [3.63, 3.8) is 0 Å². The number of amidine groups is 1. The van der Waals surface area contributed by atoms with Crippen LogP contribution in [0.15, 0.2) is 46.9 Å². The summed E-state index contributed by atoms with van der Waals surface area (Å²) in [5.41, 5.74) is 9.93. The van der Waals surface area contributed by atoms with E-state index < -0.39 is 0 Å². The Morgan fingerprint density at radius 3 is 2.55 bits per heavy atom. The van der Waals surface area contributed by atoms with E-state index in [0.29, 0.717) is 0 Å². The highest BCUT2D eigenvalue weighted by Gasteiger charge is 2.13. The van der Waals surface area contributed by atoms with Gasteiger partial charge >= 0.3 is 0 Å². The summed E-state index contributed by atoms with van der Waals surface area (Å²) in [7, 11) is 2.01. The SMILES string of the molecule is Cc1ccccc1CN(C)c1cccc(Br)c1C(=N)N. The van der Waals surface area contributed by atoms with Gasteiger partial charge in [0.25, 0.3) is 0 Å². The molecule has 0 spiro atoms. The van der Waals surface area contributed by atoms with Crippen molar-refractivity contribution in [3.05, 3.63) is 63.6 Å². The van der Waals surface area contributed by atoms with Gasteiger partial charge < -0.3 is 10.6 Å². The molecule has 0 bridgehead atoms. The molecule has 0 aromatic heterocycles. The number of nitrogens with two attached hydrogens (primary N) is 1. The Balaban J connectivity index is 2.35. The van der Waals surface area contributed by atoms with Gasteiger partial charge in [0.05, 0.1) is 5.56 Å². The number of anilines is 1. The van der Waals surface area contributed by atoms with Crippen LogP contribution in [0.25, 0.3) is 0 Å². The first kappa shape index (κ1) is 14.6. The molecular formula is C16H18BrN3. The van der Waals surface area contributed by atoms with E-state index in [9.17, 15) is 0 Å². The van der Waals surface area contributed by atoms with Crippen LogP contribution < -0.4 is 10.6 Å². The fourth-order valence-electron chi connectivity index (χ4n) is 2.23. The highest BCUT2D eigenvalue weighted by Crippen LogP contribution is 2.28. The van der Waals surface area contributed by atoms with Gasteiger partial charge in [-0.05, 0) is 46.1 Å². The maximum Gasteiger partial charge on any atom is 0.126 e. The molecule has 0 aliphatic heterocycles. The predicted molar refractivity (Wildman–Crippen MR) is 88.4 cm³/mol. The van der Waals surface area contributed by atoms with Crippen LogP contribution in [0.2, 0.25) is 0 Å². The van der Waals surface area contributed by atoms with Gasteiger partial charge in [-0.2, -0.15) is 0 Å². The molecule has 0 unspecified atom stereocenters. The summed E-state index contributed by atoms with van der Waals surface area (Å²) in [5.74, 6) is 0.0732. The van der Waals surface area contributed by atoms with E-state index in [-0.39, 0.29) is 5.84 Å². The molecule has 0 saturated carbocycles. The number of nitrogens with zero attached hydrogens (tertiary/aromatic N) is 1. The van der Waals surface area contributed by atoms with Gasteiger partial charge in [0.2, 0.25) is 0 Å². The Hall–Kier alpha value is -1.81. The van der Waals surface area contributed by atoms with E-state index in [1.165, 1.54) is 11.1 Å². The second-order valence-corrected chi connectivity index (χ2v) is 5.68. The first-order chi connectivity index (χ1) is 9.50. The Kier molecular flexibility index (Phi) is 4.45. The van der Waals surface area contributed by atoms with Crippen LogP contribution in [0.5, 0.6) is 0 Å². The van der Waals surface area contributed by atoms with Gasteiger partial charge in [0.15, 0.2) is 0 Å². The molecule has 0 radical (unpaired) electrons. The lowest BCUT2D eigenvalue weighted by molar-refractivity contribution is 0.912. The molecule has 2 aromatic carbocycles. The van der Waals surface area contributed by atoms with Crippen LogP contribution >= 0.6 is 15.9 Å². The fraction of sp³-hybridized carbons (Fsp3) is 0.188. The zero-order chi connectivity index (χ0) is 14.7. The maximum absolute atomic E-state index is 7.75. The van der Waals surface area contributed by atoms with Gasteiger partial charge in [0, 0.05) is 23.8 Å². The van der Waals surface area contributed by atoms with E-state index in [0.717, 1.165) is 22.3 Å². The fourth-order valence-corrected chi connectivity index (χ4v) is 2.79. The van der Waals surface area contributed by atoms with E-state index in [1.807, 2.05) is 37.4 Å². The average Bonchev–Trinajstić information content (AvgIpc) is 2.40. The van der Waals surface area contributed by atoms with Crippen LogP contribution in [-0.2, 0) is 6.54 Å². The van der Waals surface area contributed by atoms with Gasteiger partial charge in [-0.1, -0.05) is 30.3 Å². The van der Waals surface area contributed by atoms with E-state index in [4.69, 9.17) is 11.1 Å². The molecule has 4 heteroatoms. The Labute approximate surface area is 128 Å². The number of halogens is 1. The van der Waals surface area contributed by atoms with Crippen LogP contribution in [0.4, 0.5) is 5.69 Å². The molecule has 0 amide bonds. The molecule has 0 aliphatic carbocycles. The van der Waals surface area contributed by atoms with E-state index in [1.54, 1.807) is 0 Å². The molecule has 0 heterocycles. The van der Waals surface area contributed by atoms with Gasteiger partial charge in [0.1, 0.15) is 5.84 Å². The Morgan fingerprint density at radius 1 is 1.20 bits per heavy atom. The standard InChI is InChI=1S/C16H18BrN3/c1-11-6-3-4-7-12(11)10-20(2)14-9-5-8-13(17)15(14)16(18)19/h3-9H,10H2,1-2H3,(H3,18,19). The normalized spacial score (nSPS) is 10.3. The second kappa shape index (κ2) is 6.09. The van der Waals surface area contributed by atoms with Crippen LogP contribution in [0.3, 0.4) is 0 Å². The summed E-state index contributed by atoms with van der Waals surface area (Å²) in [6.45, 7) is 2.89. The molecule has 3 N–H and O–H groups in total. The quantitative estimate of drug-likeness (QED) is 0.663. The molecule has 0 fully saturated rings. The van der Waals surface area contributed by atoms with Gasteiger partial charge in [-0.15, -0.1) is 0 Å². The second-order valence-electron chi connectivity index (χ2n) is 4.83. The molecule has 2 aromatic rings. The van der Waals surface area contributed by atoms with Crippen molar-refractivity contribution in [1.29, 1.82) is 5.41 Å². The number of aryl methyl sites for hydroxylation is 1. The largest absolute Gasteiger partial charge is 0.384 e. The zero-order valence-electron chi connectivity index (χ0n) is 11.7. The maximum atomic E-state index is 7.75. The molecular weight excluding hydrogens is 314 g/mol. The molecule has 0 saturated heterocycles. The first-order valence-electron chi connectivity index (χ1n) is 6.39. The van der Waals surface area contributed by atoms with Crippen molar-refractivity contribution in [1.82, 2.24) is 0 Å². The molecule has 0 aliphatic rings. The average molecular weight is 332 g/mol. The van der Waals surface area contributed by atoms with Gasteiger partial charge in [-0.25, -0.2) is 0 Å². The minimum atomic E-state index is 0.0732. The van der Waals surface area contributed by atoms with Gasteiger partial charge in [-0.3, -0.25) is 5.41 Å². The summed E-state index contributed by atoms with van der Waals surface area (Å²) in [5, 5.41) is 7.75. The minimum absolute atomic E-state index is 0.0732. The number of nitrogens with one attached hydrogen (secondary N) is 1. The third-order valence-electron chi connectivity index (χ3n) is 3.34. The number of hydrogen-bond donors (Lipinski definition) is 2. The van der Waals surface area contributed by atoms with Crippen molar-refractivity contribution in [2.24, 2.45) is 5.73 Å². The van der Waals surface area contributed by atoms with E-state index >= 15 is 0 Å². The highest BCUT2D eigenvalue weighted by molar-refractivity contribution is 9.10. The summed E-state index contributed by atoms with van der Waals surface area (Å²) in [6.07, 6.45) is 0. The molecule has 0 atom stereocenters. The lowest BCUT2D eigenvalue weighted by Crippen LogP contribution is -2.22. The molecule has 2 rings (SSSR count). The third-order valence-corrected chi connectivity index (χ3v) is 4.00. The number of benzene rings is 2. The third kappa shape index (κ3) is 3.02. The van der Waals surface area contributed by atoms with Crippen LogP contribution in [0, 0.1) is 12.3 Å². The smallest absolute Gasteiger partial charge is 0.126 e. The highest BCUT2D eigenvalue weighted by atomic mass is 79.9. The number of nitrogen functional groups attached to an aromatic ring is 1. The number of hydrogen-bond acceptors (Lipinski definition) is 2. The minimum Gasteiger partial charge on any atom is -0.384 e. The summed E-state index contributed by atoms with van der Waals surface area (Å²) < 4.78 is 0.846. The topological polar surface area (TPSA) is 53.1 Å². The molecule has 104 valence electrons. The lowest BCUT2D eigenvalue weighted by atomic mass is 10.1. The number of rotatable bonds is 4. The molecule has 20 heavy (non-hydrogen) atoms. The van der Waals surface area contributed by atoms with Crippen molar-refractivity contribution in [2.75, 3.05) is 11.9 Å². The zero-order valence-corrected chi connectivity index (χ0v) is 13.2. The lowest BCUT2D eigenvalue weighted by Gasteiger charge is -2.23. The van der Waals surface area contributed by atoms with Crippen LogP contribution in [-0.4, -0.2) is 12.9 Å². The Bertz CT molecular complexity index is 637. The first-order valence-corrected chi connectivity index (χ1v) is 7.18. The molecule has 3 nitrogen and oxygen atoms in total.